The smallest absolute Gasteiger partial charge is 0.220 e. The van der Waals surface area contributed by atoms with Gasteiger partial charge in [-0.3, -0.25) is 4.79 Å². The molecule has 0 unspecified atom stereocenters. The number of aliphatic hydroxyl groups excluding tert-OH is 2. The highest BCUT2D eigenvalue weighted by Gasteiger charge is 2.17. The van der Waals surface area contributed by atoms with Gasteiger partial charge in [-0.15, -0.1) is 0 Å². The van der Waals surface area contributed by atoms with Gasteiger partial charge < -0.3 is 15.5 Å². The average Bonchev–Trinajstić information content (AvgIpc) is 2.85. The van der Waals surface area contributed by atoms with Crippen molar-refractivity contribution in [3.63, 3.8) is 0 Å². The summed E-state index contributed by atoms with van der Waals surface area (Å²) in [6, 6.07) is 5.63. The number of aromatic nitrogens is 1. The van der Waals surface area contributed by atoms with E-state index in [2.05, 4.69) is 47.4 Å². The average molecular weight is 476 g/mol. The summed E-state index contributed by atoms with van der Waals surface area (Å²) in [5, 5.41) is 22.4. The molecule has 5 heteroatoms. The number of pyridine rings is 1. The third-order valence-corrected chi connectivity index (χ3v) is 6.36. The van der Waals surface area contributed by atoms with Gasteiger partial charge in [0.15, 0.2) is 12.4 Å². The van der Waals surface area contributed by atoms with Crippen LogP contribution in [0.25, 0.3) is 0 Å². The number of hydrogen-bond donors (Lipinski definition) is 3. The summed E-state index contributed by atoms with van der Waals surface area (Å²) in [5.41, 5.74) is 0. The molecule has 0 aliphatic heterocycles. The van der Waals surface area contributed by atoms with Gasteiger partial charge in [0.2, 0.25) is 5.91 Å². The molecule has 0 aliphatic carbocycles. The summed E-state index contributed by atoms with van der Waals surface area (Å²) in [5.74, 6) is -0.0953. The maximum absolute atomic E-state index is 11.9. The Labute approximate surface area is 208 Å². The third kappa shape index (κ3) is 16.8. The third-order valence-electron chi connectivity index (χ3n) is 6.36. The molecule has 0 bridgehead atoms. The minimum absolute atomic E-state index is 0.0953. The van der Waals surface area contributed by atoms with Crippen LogP contribution in [-0.2, 0) is 11.3 Å². The van der Waals surface area contributed by atoms with E-state index in [-0.39, 0.29) is 12.5 Å². The summed E-state index contributed by atoms with van der Waals surface area (Å²) in [6.07, 6.45) is 25.8. The van der Waals surface area contributed by atoms with Crippen LogP contribution < -0.4 is 9.88 Å². The first-order valence-electron chi connectivity index (χ1n) is 13.9. The highest BCUT2D eigenvalue weighted by atomic mass is 16.3. The van der Waals surface area contributed by atoms with Crippen molar-refractivity contribution in [1.82, 2.24) is 5.32 Å². The van der Waals surface area contributed by atoms with Crippen LogP contribution in [-0.4, -0.2) is 34.9 Å². The number of carbonyl (C=O) groups excluding carboxylic acids is 1. The van der Waals surface area contributed by atoms with Gasteiger partial charge in [0.05, 0.1) is 18.8 Å². The molecule has 1 amide bonds. The van der Waals surface area contributed by atoms with Crippen LogP contribution in [0.1, 0.15) is 110 Å². The quantitative estimate of drug-likeness (QED) is 0.116. The van der Waals surface area contributed by atoms with Crippen molar-refractivity contribution in [3.05, 3.63) is 42.7 Å². The molecule has 1 aromatic heterocycles. The first kappa shape index (κ1) is 30.3. The van der Waals surface area contributed by atoms with Crippen molar-refractivity contribution in [2.24, 2.45) is 0 Å². The largest absolute Gasteiger partial charge is 0.394 e. The second kappa shape index (κ2) is 21.8. The van der Waals surface area contributed by atoms with E-state index < -0.39 is 12.1 Å². The van der Waals surface area contributed by atoms with Crippen molar-refractivity contribution in [2.45, 2.75) is 128 Å². The van der Waals surface area contributed by atoms with Crippen molar-refractivity contribution in [3.8, 4) is 0 Å². The lowest BCUT2D eigenvalue weighted by Crippen LogP contribution is -2.45. The van der Waals surface area contributed by atoms with E-state index in [4.69, 9.17) is 0 Å². The van der Waals surface area contributed by atoms with Gasteiger partial charge in [-0.05, 0) is 25.7 Å². The zero-order valence-corrected chi connectivity index (χ0v) is 21.7. The molecular formula is C29H51N2O3+. The maximum atomic E-state index is 11.9. The lowest BCUT2D eigenvalue weighted by Gasteiger charge is -2.19. The van der Waals surface area contributed by atoms with Crippen LogP contribution in [0.15, 0.2) is 42.7 Å². The molecule has 0 aromatic carbocycles. The predicted molar refractivity (Wildman–Crippen MR) is 140 cm³/mol. The fourth-order valence-corrected chi connectivity index (χ4v) is 4.15. The summed E-state index contributed by atoms with van der Waals surface area (Å²) in [7, 11) is 0. The molecule has 0 aliphatic rings. The SMILES string of the molecule is CCCCCC(=O)N[C@@H](CO)[C@@H](O)/C=C/CCCCCCCCCCCCC[n+]1ccccc1. The summed E-state index contributed by atoms with van der Waals surface area (Å²) >= 11 is 0. The Kier molecular flexibility index (Phi) is 19.4. The fourth-order valence-electron chi connectivity index (χ4n) is 4.15. The van der Waals surface area contributed by atoms with Gasteiger partial charge in [-0.25, -0.2) is 4.57 Å². The van der Waals surface area contributed by atoms with Crippen LogP contribution in [0, 0.1) is 0 Å². The van der Waals surface area contributed by atoms with E-state index >= 15 is 0 Å². The van der Waals surface area contributed by atoms with E-state index in [9.17, 15) is 15.0 Å². The normalized spacial score (nSPS) is 13.3. The number of hydrogen-bond acceptors (Lipinski definition) is 3. The number of carbonyl (C=O) groups is 1. The standard InChI is InChI=1S/C29H50N2O3/c1-2-3-16-22-29(34)30-27(26-32)28(33)21-17-13-11-9-7-5-4-6-8-10-12-14-18-23-31-24-19-15-20-25-31/h15,17,19-21,24-25,27-28,32-33H,2-14,16,18,22-23,26H2,1H3/p+1/b21-17+/t27-,28-/m0/s1. The Bertz CT molecular complexity index is 621. The van der Waals surface area contributed by atoms with Gasteiger partial charge in [-0.2, -0.15) is 0 Å². The molecular weight excluding hydrogens is 424 g/mol. The molecule has 0 spiro atoms. The molecule has 0 saturated carbocycles. The highest BCUT2D eigenvalue weighted by Crippen LogP contribution is 2.12. The van der Waals surface area contributed by atoms with E-state index in [0.717, 1.165) is 38.6 Å². The molecule has 3 N–H and O–H groups in total. The van der Waals surface area contributed by atoms with Crippen LogP contribution >= 0.6 is 0 Å². The molecule has 1 heterocycles. The Morgan fingerprint density at radius 2 is 1.44 bits per heavy atom. The number of unbranched alkanes of at least 4 members (excludes halogenated alkanes) is 13. The number of amides is 1. The first-order valence-corrected chi connectivity index (χ1v) is 13.9. The Morgan fingerprint density at radius 3 is 2.03 bits per heavy atom. The minimum atomic E-state index is -0.836. The van der Waals surface area contributed by atoms with E-state index in [1.54, 1.807) is 6.08 Å². The topological polar surface area (TPSA) is 73.4 Å². The number of aryl methyl sites for hydroxylation is 1. The number of rotatable bonds is 22. The van der Waals surface area contributed by atoms with Crippen molar-refractivity contribution in [1.29, 1.82) is 0 Å². The molecule has 0 radical (unpaired) electrons. The molecule has 5 nitrogen and oxygen atoms in total. The van der Waals surface area contributed by atoms with E-state index in [1.807, 2.05) is 6.08 Å². The van der Waals surface area contributed by atoms with Crippen LogP contribution in [0.5, 0.6) is 0 Å². The Balaban J connectivity index is 1.91. The van der Waals surface area contributed by atoms with Crippen molar-refractivity contribution in [2.75, 3.05) is 6.61 Å². The Morgan fingerprint density at radius 1 is 0.853 bits per heavy atom. The molecule has 34 heavy (non-hydrogen) atoms. The lowest BCUT2D eigenvalue weighted by molar-refractivity contribution is -0.697. The first-order chi connectivity index (χ1) is 16.7. The second-order valence-electron chi connectivity index (χ2n) is 9.52. The number of nitrogens with one attached hydrogen (secondary N) is 1. The number of nitrogens with zero attached hydrogens (tertiary/aromatic N) is 1. The summed E-state index contributed by atoms with van der Waals surface area (Å²) in [4.78, 5) is 11.9. The monoisotopic (exact) mass is 475 g/mol. The van der Waals surface area contributed by atoms with Gasteiger partial charge in [-0.1, -0.05) is 89.4 Å². The zero-order valence-electron chi connectivity index (χ0n) is 21.7. The molecule has 194 valence electrons. The van der Waals surface area contributed by atoms with Gasteiger partial charge in [0.1, 0.15) is 6.54 Å². The molecule has 2 atom stereocenters. The number of allylic oxidation sites excluding steroid dienone is 1. The highest BCUT2D eigenvalue weighted by molar-refractivity contribution is 5.76. The van der Waals surface area contributed by atoms with Crippen LogP contribution in [0.4, 0.5) is 0 Å². The molecule has 0 saturated heterocycles. The predicted octanol–water partition coefficient (Wildman–Crippen LogP) is 5.63. The van der Waals surface area contributed by atoms with Crippen molar-refractivity contribution < 1.29 is 19.6 Å². The maximum Gasteiger partial charge on any atom is 0.220 e. The van der Waals surface area contributed by atoms with Crippen LogP contribution in [0.2, 0.25) is 0 Å². The van der Waals surface area contributed by atoms with Gasteiger partial charge in [0, 0.05) is 25.0 Å². The lowest BCUT2D eigenvalue weighted by atomic mass is 10.0. The van der Waals surface area contributed by atoms with Crippen molar-refractivity contribution >= 4 is 5.91 Å². The molecule has 0 fully saturated rings. The fraction of sp³-hybridized carbons (Fsp3) is 0.724. The zero-order chi connectivity index (χ0) is 24.7. The van der Waals surface area contributed by atoms with Crippen LogP contribution in [0.3, 0.4) is 0 Å². The molecule has 1 aromatic rings. The van der Waals surface area contributed by atoms with E-state index in [1.165, 1.54) is 64.2 Å². The summed E-state index contributed by atoms with van der Waals surface area (Å²) in [6.45, 7) is 2.98. The minimum Gasteiger partial charge on any atom is -0.394 e. The molecule has 1 rings (SSSR count). The Hall–Kier alpha value is -1.72. The second-order valence-corrected chi connectivity index (χ2v) is 9.52. The van der Waals surface area contributed by atoms with Gasteiger partial charge in [0.25, 0.3) is 0 Å². The van der Waals surface area contributed by atoms with Gasteiger partial charge >= 0.3 is 0 Å². The number of aliphatic hydroxyl groups is 2. The van der Waals surface area contributed by atoms with E-state index in [0.29, 0.717) is 6.42 Å². The summed E-state index contributed by atoms with van der Waals surface area (Å²) < 4.78 is 2.26.